The van der Waals surface area contributed by atoms with Crippen LogP contribution in [0.15, 0.2) is 65.4 Å². The topological polar surface area (TPSA) is 15.7 Å². The molecule has 2 aliphatic rings. The summed E-state index contributed by atoms with van der Waals surface area (Å²) in [7, 11) is 0. The van der Waals surface area contributed by atoms with Gasteiger partial charge in [0.25, 0.3) is 0 Å². The number of benzene rings is 2. The Balaban J connectivity index is 1.13. The molecule has 0 amide bonds. The van der Waals surface area contributed by atoms with E-state index in [2.05, 4.69) is 63.0 Å². The van der Waals surface area contributed by atoms with E-state index in [4.69, 9.17) is 27.9 Å². The number of thiophene rings is 1. The molecular formula is C29H34Cl2N2OS. The van der Waals surface area contributed by atoms with E-state index < -0.39 is 0 Å². The van der Waals surface area contributed by atoms with Gasteiger partial charge in [0, 0.05) is 48.7 Å². The maximum Gasteiger partial charge on any atom is 0.0717 e. The lowest BCUT2D eigenvalue weighted by Crippen LogP contribution is -2.39. The number of hydrogen-bond donors (Lipinski definition) is 0. The molecule has 1 aromatic heterocycles. The van der Waals surface area contributed by atoms with E-state index in [1.54, 1.807) is 0 Å². The van der Waals surface area contributed by atoms with Crippen molar-refractivity contribution in [1.82, 2.24) is 9.80 Å². The fourth-order valence-electron chi connectivity index (χ4n) is 5.61. The molecule has 0 spiro atoms. The maximum atomic E-state index is 6.49. The third kappa shape index (κ3) is 6.88. The first-order valence-electron chi connectivity index (χ1n) is 12.7. The smallest absolute Gasteiger partial charge is 0.0717 e. The van der Waals surface area contributed by atoms with E-state index >= 15 is 0 Å². The number of nitrogens with zero attached hydrogens (tertiary/aromatic N) is 2. The molecule has 3 nitrogen and oxygen atoms in total. The Hall–Kier alpha value is -1.40. The van der Waals surface area contributed by atoms with Crippen LogP contribution in [-0.2, 0) is 17.9 Å². The van der Waals surface area contributed by atoms with Crippen LogP contribution in [0, 0.1) is 11.8 Å². The molecule has 2 aliphatic heterocycles. The minimum absolute atomic E-state index is 0.583. The average molecular weight is 530 g/mol. The van der Waals surface area contributed by atoms with Crippen LogP contribution in [0.4, 0.5) is 0 Å². The summed E-state index contributed by atoms with van der Waals surface area (Å²) in [5.74, 6) is 1.90. The van der Waals surface area contributed by atoms with Gasteiger partial charge in [-0.05, 0) is 83.4 Å². The summed E-state index contributed by atoms with van der Waals surface area (Å²) in [5, 5.41) is 6.02. The Labute approximate surface area is 223 Å². The quantitative estimate of drug-likeness (QED) is 0.292. The van der Waals surface area contributed by atoms with Gasteiger partial charge in [-0.3, -0.25) is 4.90 Å². The molecule has 0 bridgehead atoms. The van der Waals surface area contributed by atoms with Crippen molar-refractivity contribution in [2.75, 3.05) is 39.3 Å². The van der Waals surface area contributed by atoms with Gasteiger partial charge in [-0.15, -0.1) is 0 Å². The zero-order valence-corrected chi connectivity index (χ0v) is 22.4. The van der Waals surface area contributed by atoms with Crippen molar-refractivity contribution < 1.29 is 4.74 Å². The molecule has 0 N–H and O–H groups in total. The first-order valence-corrected chi connectivity index (χ1v) is 14.4. The zero-order valence-electron chi connectivity index (χ0n) is 20.1. The van der Waals surface area contributed by atoms with E-state index in [1.165, 1.54) is 43.6 Å². The van der Waals surface area contributed by atoms with Crippen molar-refractivity contribution in [2.45, 2.75) is 31.9 Å². The van der Waals surface area contributed by atoms with Crippen molar-refractivity contribution in [3.63, 3.8) is 0 Å². The van der Waals surface area contributed by atoms with Crippen molar-refractivity contribution in [1.29, 1.82) is 0 Å². The molecule has 0 saturated carbocycles. The Morgan fingerprint density at radius 1 is 0.943 bits per heavy atom. The fraction of sp³-hybridized carbons (Fsp3) is 0.448. The lowest BCUT2D eigenvalue weighted by molar-refractivity contribution is 0.0542. The number of rotatable bonds is 9. The van der Waals surface area contributed by atoms with Gasteiger partial charge in [-0.1, -0.05) is 59.6 Å². The molecule has 3 aromatic rings. The third-order valence-electron chi connectivity index (χ3n) is 7.56. The molecule has 2 saturated heterocycles. The van der Waals surface area contributed by atoms with E-state index in [0.717, 1.165) is 43.4 Å². The molecule has 2 atom stereocenters. The number of ether oxygens (including phenoxy) is 1. The summed E-state index contributed by atoms with van der Waals surface area (Å²) in [5.41, 5.74) is 3.92. The molecule has 3 heterocycles. The number of likely N-dealkylation sites (tertiary alicyclic amines) is 2. The van der Waals surface area contributed by atoms with Gasteiger partial charge in [-0.2, -0.15) is 11.3 Å². The summed E-state index contributed by atoms with van der Waals surface area (Å²) >= 11 is 14.4. The monoisotopic (exact) mass is 528 g/mol. The molecule has 0 aliphatic carbocycles. The van der Waals surface area contributed by atoms with E-state index in [1.807, 2.05) is 23.5 Å². The van der Waals surface area contributed by atoms with Crippen molar-refractivity contribution in [3.8, 4) is 0 Å². The van der Waals surface area contributed by atoms with Crippen molar-refractivity contribution in [2.24, 2.45) is 11.8 Å². The first-order chi connectivity index (χ1) is 17.1. The molecule has 2 fully saturated rings. The largest absolute Gasteiger partial charge is 0.376 e. The summed E-state index contributed by atoms with van der Waals surface area (Å²) in [4.78, 5) is 5.27. The Morgan fingerprint density at radius 2 is 1.77 bits per heavy atom. The minimum atomic E-state index is 0.583. The number of hydrogen-bond acceptors (Lipinski definition) is 4. The summed E-state index contributed by atoms with van der Waals surface area (Å²) in [6, 6.07) is 18.7. The molecule has 5 rings (SSSR count). The number of piperidine rings is 1. The maximum absolute atomic E-state index is 6.49. The van der Waals surface area contributed by atoms with Gasteiger partial charge in [-0.25, -0.2) is 0 Å². The highest BCUT2D eigenvalue weighted by Crippen LogP contribution is 2.36. The van der Waals surface area contributed by atoms with Crippen molar-refractivity contribution >= 4 is 34.5 Å². The summed E-state index contributed by atoms with van der Waals surface area (Å²) in [6.07, 6.45) is 2.46. The first kappa shape index (κ1) is 25.3. The van der Waals surface area contributed by atoms with E-state index in [-0.39, 0.29) is 0 Å². The Bertz CT molecular complexity index is 1050. The van der Waals surface area contributed by atoms with Crippen LogP contribution in [0.5, 0.6) is 0 Å². The lowest BCUT2D eigenvalue weighted by atomic mass is 9.89. The predicted molar refractivity (Wildman–Crippen MR) is 148 cm³/mol. The Morgan fingerprint density at radius 3 is 2.51 bits per heavy atom. The number of halogens is 2. The second-order valence-electron chi connectivity index (χ2n) is 10.1. The van der Waals surface area contributed by atoms with Crippen LogP contribution in [0.1, 0.15) is 35.4 Å². The molecule has 2 aromatic carbocycles. The van der Waals surface area contributed by atoms with Crippen LogP contribution < -0.4 is 0 Å². The predicted octanol–water partition coefficient (Wildman–Crippen LogP) is 7.20. The van der Waals surface area contributed by atoms with Crippen LogP contribution in [-0.4, -0.2) is 49.1 Å². The second-order valence-corrected chi connectivity index (χ2v) is 11.7. The lowest BCUT2D eigenvalue weighted by Gasteiger charge is -2.34. The van der Waals surface area contributed by atoms with Crippen LogP contribution in [0.25, 0.3) is 0 Å². The minimum Gasteiger partial charge on any atom is -0.376 e. The normalized spacial score (nSPS) is 22.1. The van der Waals surface area contributed by atoms with Crippen LogP contribution >= 0.6 is 34.5 Å². The molecule has 0 radical (unpaired) electrons. The van der Waals surface area contributed by atoms with E-state index in [0.29, 0.717) is 22.8 Å². The highest BCUT2D eigenvalue weighted by Gasteiger charge is 2.36. The molecule has 6 heteroatoms. The van der Waals surface area contributed by atoms with E-state index in [9.17, 15) is 0 Å². The van der Waals surface area contributed by atoms with Gasteiger partial charge in [0.1, 0.15) is 0 Å². The highest BCUT2D eigenvalue weighted by atomic mass is 35.5. The SMILES string of the molecule is Clc1ccc(CN2CC(CN3CCC(COCc4ccccc4)CC3)C(c3ccsc3)C2)c(Cl)c1. The summed E-state index contributed by atoms with van der Waals surface area (Å²) in [6.45, 7) is 8.20. The molecule has 35 heavy (non-hydrogen) atoms. The van der Waals surface area contributed by atoms with Gasteiger partial charge < -0.3 is 9.64 Å². The summed E-state index contributed by atoms with van der Waals surface area (Å²) < 4.78 is 6.04. The second kappa shape index (κ2) is 12.2. The standard InChI is InChI=1S/C29H34Cl2N2OS/c30-27-7-6-24(29(31)14-27)15-33-17-26(28(18-33)25-10-13-35-21-25)16-32-11-8-23(9-12-32)20-34-19-22-4-2-1-3-5-22/h1-7,10,13-14,21,23,26,28H,8-9,11-12,15-20H2. The van der Waals surface area contributed by atoms with Gasteiger partial charge >= 0.3 is 0 Å². The van der Waals surface area contributed by atoms with Gasteiger partial charge in [0.2, 0.25) is 0 Å². The van der Waals surface area contributed by atoms with Gasteiger partial charge in [0.05, 0.1) is 6.61 Å². The zero-order chi connectivity index (χ0) is 24.0. The van der Waals surface area contributed by atoms with Crippen LogP contribution in [0.2, 0.25) is 10.0 Å². The van der Waals surface area contributed by atoms with Crippen molar-refractivity contribution in [3.05, 3.63) is 92.1 Å². The highest BCUT2D eigenvalue weighted by molar-refractivity contribution is 7.08. The molecular weight excluding hydrogens is 495 g/mol. The Kier molecular flexibility index (Phi) is 8.82. The molecule has 2 unspecified atom stereocenters. The van der Waals surface area contributed by atoms with Crippen LogP contribution in [0.3, 0.4) is 0 Å². The average Bonchev–Trinajstić information content (AvgIpc) is 3.53. The van der Waals surface area contributed by atoms with Gasteiger partial charge in [0.15, 0.2) is 0 Å². The third-order valence-corrected chi connectivity index (χ3v) is 8.85. The molecule has 186 valence electrons. The fourth-order valence-corrected chi connectivity index (χ4v) is 6.81.